The van der Waals surface area contributed by atoms with Gasteiger partial charge in [0.1, 0.15) is 0 Å². The number of hydrogen-bond donors (Lipinski definition) is 2. The molecule has 0 aromatic carbocycles. The second-order valence-corrected chi connectivity index (χ2v) is 1.15. The zero-order valence-corrected chi connectivity index (χ0v) is 3.72. The Morgan fingerprint density at radius 2 is 1.14 bits per heavy atom. The number of hydrogen-bond acceptors (Lipinski definition) is 2. The van der Waals surface area contributed by atoms with E-state index in [1.54, 1.807) is 0 Å². The maximum absolute atomic E-state index is 8.09. The van der Waals surface area contributed by atoms with Crippen LogP contribution in [0.4, 0.5) is 0 Å². The van der Waals surface area contributed by atoms with Gasteiger partial charge in [-0.25, -0.2) is 0 Å². The molecule has 0 aliphatic rings. The summed E-state index contributed by atoms with van der Waals surface area (Å²) in [6.45, 7) is 0.390. The summed E-state index contributed by atoms with van der Waals surface area (Å²) in [5.74, 6) is 0. The van der Waals surface area contributed by atoms with Gasteiger partial charge in [-0.3, -0.25) is 0 Å². The van der Waals surface area contributed by atoms with Crippen LogP contribution in [0.15, 0.2) is 0 Å². The fourth-order valence-corrected chi connectivity index (χ4v) is 0.224. The van der Waals surface area contributed by atoms with Gasteiger partial charge in [-0.1, -0.05) is 0 Å². The number of aliphatic hydroxyl groups excluding tert-OH is 2. The molecular formula is C4H11LiO2. The van der Waals surface area contributed by atoms with Crippen molar-refractivity contribution >= 4 is 18.9 Å². The predicted molar refractivity (Wildman–Crippen MR) is 30.6 cm³/mol. The Morgan fingerprint density at radius 1 is 0.857 bits per heavy atom. The third-order valence-electron chi connectivity index (χ3n) is 0.566. The first kappa shape index (κ1) is 10.5. The molecule has 0 bridgehead atoms. The van der Waals surface area contributed by atoms with E-state index in [1.807, 2.05) is 0 Å². The molecule has 0 saturated carbocycles. The van der Waals surface area contributed by atoms with Crippen molar-refractivity contribution in [1.82, 2.24) is 0 Å². The molecule has 0 amide bonds. The molecular weight excluding hydrogens is 87.0 g/mol. The summed E-state index contributed by atoms with van der Waals surface area (Å²) in [7, 11) is 0. The van der Waals surface area contributed by atoms with Gasteiger partial charge < -0.3 is 10.2 Å². The zero-order chi connectivity index (χ0) is 4.83. The summed E-state index contributed by atoms with van der Waals surface area (Å²) in [6, 6.07) is 0. The summed E-state index contributed by atoms with van der Waals surface area (Å²) in [5, 5.41) is 16.2. The van der Waals surface area contributed by atoms with Crippen LogP contribution in [0.1, 0.15) is 12.8 Å². The minimum atomic E-state index is 0. The molecule has 2 nitrogen and oxygen atoms in total. The molecule has 0 radical (unpaired) electrons. The molecule has 0 aliphatic carbocycles. The van der Waals surface area contributed by atoms with Crippen molar-refractivity contribution in [3.8, 4) is 0 Å². The maximum atomic E-state index is 8.09. The normalized spacial score (nSPS) is 7.71. The Morgan fingerprint density at radius 3 is 1.29 bits per heavy atom. The average molecular weight is 98.1 g/mol. The molecule has 0 aromatic heterocycles. The van der Waals surface area contributed by atoms with Crippen LogP contribution >= 0.6 is 0 Å². The molecule has 0 aliphatic heterocycles. The summed E-state index contributed by atoms with van der Waals surface area (Å²) >= 11 is 0. The topological polar surface area (TPSA) is 40.5 Å². The third-order valence-corrected chi connectivity index (χ3v) is 0.566. The zero-order valence-electron chi connectivity index (χ0n) is 3.72. The van der Waals surface area contributed by atoms with Gasteiger partial charge in [0.05, 0.1) is 0 Å². The molecule has 0 spiro atoms. The van der Waals surface area contributed by atoms with E-state index in [-0.39, 0.29) is 32.1 Å². The quantitative estimate of drug-likeness (QED) is 0.355. The van der Waals surface area contributed by atoms with Crippen molar-refractivity contribution in [2.24, 2.45) is 0 Å². The van der Waals surface area contributed by atoms with Gasteiger partial charge in [0.25, 0.3) is 0 Å². The molecule has 3 heteroatoms. The third kappa shape index (κ3) is 10.7. The Hall–Kier alpha value is 0.517. The first-order valence-electron chi connectivity index (χ1n) is 2.13. The van der Waals surface area contributed by atoms with Gasteiger partial charge in [0.2, 0.25) is 0 Å². The van der Waals surface area contributed by atoms with Crippen molar-refractivity contribution < 1.29 is 10.2 Å². The summed E-state index contributed by atoms with van der Waals surface area (Å²) in [6.07, 6.45) is 1.44. The van der Waals surface area contributed by atoms with E-state index in [0.717, 1.165) is 12.8 Å². The van der Waals surface area contributed by atoms with E-state index in [0.29, 0.717) is 0 Å². The van der Waals surface area contributed by atoms with Crippen LogP contribution in [0.2, 0.25) is 0 Å². The Balaban J connectivity index is 0. The van der Waals surface area contributed by atoms with Crippen LogP contribution in [0.3, 0.4) is 0 Å². The van der Waals surface area contributed by atoms with Crippen LogP contribution in [0.25, 0.3) is 0 Å². The minimum absolute atomic E-state index is 0. The number of rotatable bonds is 3. The van der Waals surface area contributed by atoms with E-state index in [1.165, 1.54) is 0 Å². The molecule has 0 fully saturated rings. The van der Waals surface area contributed by atoms with Crippen LogP contribution < -0.4 is 0 Å². The molecule has 0 aromatic rings. The number of unbranched alkanes of at least 4 members (excludes halogenated alkanes) is 1. The van der Waals surface area contributed by atoms with E-state index in [9.17, 15) is 0 Å². The predicted octanol–water partition coefficient (Wildman–Crippen LogP) is -0.897. The first-order chi connectivity index (χ1) is 2.91. The standard InChI is InChI=1S/C4H10O2.Li.H/c5-3-1-2-4-6;;/h5-6H,1-4H2;;. The van der Waals surface area contributed by atoms with Crippen molar-refractivity contribution in [1.29, 1.82) is 0 Å². The SMILES string of the molecule is OCCCCO.[LiH]. The van der Waals surface area contributed by atoms with E-state index >= 15 is 0 Å². The second-order valence-electron chi connectivity index (χ2n) is 1.15. The van der Waals surface area contributed by atoms with Gasteiger partial charge in [0.15, 0.2) is 0 Å². The van der Waals surface area contributed by atoms with Gasteiger partial charge >= 0.3 is 18.9 Å². The molecule has 0 saturated heterocycles. The second kappa shape index (κ2) is 9.72. The fraction of sp³-hybridized carbons (Fsp3) is 1.00. The average Bonchev–Trinajstić information content (AvgIpc) is 1.61. The summed E-state index contributed by atoms with van der Waals surface area (Å²) < 4.78 is 0. The Bertz CT molecular complexity index is 21.7. The van der Waals surface area contributed by atoms with E-state index < -0.39 is 0 Å². The Labute approximate surface area is 55.7 Å². The van der Waals surface area contributed by atoms with Crippen molar-refractivity contribution in [2.75, 3.05) is 13.2 Å². The molecule has 0 heterocycles. The van der Waals surface area contributed by atoms with E-state index in [4.69, 9.17) is 10.2 Å². The van der Waals surface area contributed by atoms with E-state index in [2.05, 4.69) is 0 Å². The van der Waals surface area contributed by atoms with Crippen molar-refractivity contribution in [3.05, 3.63) is 0 Å². The number of aliphatic hydroxyl groups is 2. The fourth-order valence-electron chi connectivity index (χ4n) is 0.224. The van der Waals surface area contributed by atoms with Crippen molar-refractivity contribution in [3.63, 3.8) is 0 Å². The van der Waals surface area contributed by atoms with Crippen LogP contribution in [-0.4, -0.2) is 42.3 Å². The van der Waals surface area contributed by atoms with Crippen LogP contribution in [0, 0.1) is 0 Å². The monoisotopic (exact) mass is 98.1 g/mol. The van der Waals surface area contributed by atoms with Crippen molar-refractivity contribution in [2.45, 2.75) is 12.8 Å². The van der Waals surface area contributed by atoms with Gasteiger partial charge in [0, 0.05) is 13.2 Å². The molecule has 7 heavy (non-hydrogen) atoms. The van der Waals surface area contributed by atoms with Gasteiger partial charge in [-0.15, -0.1) is 0 Å². The summed E-state index contributed by atoms with van der Waals surface area (Å²) in [4.78, 5) is 0. The Kier molecular flexibility index (Phi) is 14.6. The molecule has 2 N–H and O–H groups in total. The van der Waals surface area contributed by atoms with Gasteiger partial charge in [-0.05, 0) is 12.8 Å². The summed E-state index contributed by atoms with van der Waals surface area (Å²) in [5.41, 5.74) is 0. The van der Waals surface area contributed by atoms with Gasteiger partial charge in [-0.2, -0.15) is 0 Å². The molecule has 0 atom stereocenters. The van der Waals surface area contributed by atoms with Crippen LogP contribution in [0.5, 0.6) is 0 Å². The van der Waals surface area contributed by atoms with Crippen LogP contribution in [-0.2, 0) is 0 Å². The first-order valence-corrected chi connectivity index (χ1v) is 2.13. The molecule has 0 rings (SSSR count). The molecule has 40 valence electrons. The molecule has 0 unspecified atom stereocenters.